The first-order valence-electron chi connectivity index (χ1n) is 4.81. The number of nitrogens with two attached hydrogens (primary N) is 1. The molecule has 16 heavy (non-hydrogen) atoms. The first-order chi connectivity index (χ1) is 7.66. The molecule has 1 aromatic carbocycles. The van der Waals surface area contributed by atoms with Gasteiger partial charge >= 0.3 is 0 Å². The van der Waals surface area contributed by atoms with E-state index in [1.165, 1.54) is 6.08 Å². The highest BCUT2D eigenvalue weighted by Gasteiger charge is 2.15. The Bertz CT molecular complexity index is 480. The summed E-state index contributed by atoms with van der Waals surface area (Å²) in [6, 6.07) is 7.22. The Morgan fingerprint density at radius 2 is 2.12 bits per heavy atom. The van der Waals surface area contributed by atoms with Crippen LogP contribution in [0.2, 0.25) is 0 Å². The van der Waals surface area contributed by atoms with Crippen molar-refractivity contribution in [3.05, 3.63) is 35.9 Å². The number of hydrogen-bond donors (Lipinski definition) is 3. The summed E-state index contributed by atoms with van der Waals surface area (Å²) in [5.41, 5.74) is 7.09. The van der Waals surface area contributed by atoms with Crippen molar-refractivity contribution in [2.75, 3.05) is 11.9 Å². The monoisotopic (exact) mass is 217 g/mol. The lowest BCUT2D eigenvalue weighted by atomic mass is 10.1. The molecule has 1 aliphatic rings. The number of carbonyl (C=O) groups excluding carboxylic acids is 2. The largest absolute Gasteiger partial charge is 0.375 e. The molecule has 0 aliphatic carbocycles. The first kappa shape index (κ1) is 10.2. The summed E-state index contributed by atoms with van der Waals surface area (Å²) in [5.74, 6) is -0.702. The van der Waals surface area contributed by atoms with Crippen LogP contribution >= 0.6 is 0 Å². The van der Waals surface area contributed by atoms with Crippen LogP contribution in [-0.4, -0.2) is 18.4 Å². The highest BCUT2D eigenvalue weighted by Crippen LogP contribution is 2.23. The topological polar surface area (TPSA) is 84.2 Å². The Kier molecular flexibility index (Phi) is 2.59. The normalized spacial score (nSPS) is 17.0. The van der Waals surface area contributed by atoms with E-state index in [1.54, 1.807) is 6.07 Å². The van der Waals surface area contributed by atoms with Crippen molar-refractivity contribution in [3.63, 3.8) is 0 Å². The molecule has 0 bridgehead atoms. The van der Waals surface area contributed by atoms with Crippen LogP contribution in [0.5, 0.6) is 0 Å². The third kappa shape index (κ3) is 2.03. The lowest BCUT2D eigenvalue weighted by Crippen LogP contribution is -2.24. The van der Waals surface area contributed by atoms with Crippen LogP contribution in [0.3, 0.4) is 0 Å². The molecule has 0 unspecified atom stereocenters. The number of amides is 2. The average Bonchev–Trinajstić information content (AvgIpc) is 2.38. The Morgan fingerprint density at radius 1 is 1.38 bits per heavy atom. The Morgan fingerprint density at radius 3 is 2.88 bits per heavy atom. The molecule has 4 N–H and O–H groups in total. The quantitative estimate of drug-likeness (QED) is 0.581. The zero-order valence-electron chi connectivity index (χ0n) is 8.49. The average molecular weight is 217 g/mol. The Labute approximate surface area is 92.3 Å². The van der Waals surface area contributed by atoms with E-state index in [0.717, 1.165) is 5.56 Å². The zero-order valence-corrected chi connectivity index (χ0v) is 8.49. The zero-order chi connectivity index (χ0) is 11.5. The van der Waals surface area contributed by atoms with Gasteiger partial charge in [0, 0.05) is 17.3 Å². The number of primary amides is 1. The van der Waals surface area contributed by atoms with Gasteiger partial charge in [-0.15, -0.1) is 0 Å². The maximum Gasteiger partial charge on any atom is 0.243 e. The molecule has 2 rings (SSSR count). The summed E-state index contributed by atoms with van der Waals surface area (Å²) in [6.07, 6.45) is 1.28. The number of para-hydroxylation sites is 1. The molecule has 0 spiro atoms. The smallest absolute Gasteiger partial charge is 0.243 e. The fraction of sp³-hybridized carbons (Fsp3) is 0.0909. The van der Waals surface area contributed by atoms with E-state index < -0.39 is 5.91 Å². The van der Waals surface area contributed by atoms with Gasteiger partial charge in [0.1, 0.15) is 0 Å². The van der Waals surface area contributed by atoms with Gasteiger partial charge in [-0.25, -0.2) is 0 Å². The van der Waals surface area contributed by atoms with Gasteiger partial charge in [-0.2, -0.15) is 0 Å². The van der Waals surface area contributed by atoms with E-state index in [1.807, 2.05) is 18.2 Å². The molecule has 1 heterocycles. The van der Waals surface area contributed by atoms with Crippen LogP contribution in [0.4, 0.5) is 5.69 Å². The molecule has 1 aliphatic heterocycles. The molecule has 0 saturated carbocycles. The van der Waals surface area contributed by atoms with E-state index in [4.69, 9.17) is 5.73 Å². The van der Waals surface area contributed by atoms with Crippen molar-refractivity contribution in [2.24, 2.45) is 5.73 Å². The summed E-state index contributed by atoms with van der Waals surface area (Å²) in [4.78, 5) is 22.2. The highest BCUT2D eigenvalue weighted by atomic mass is 16.2. The lowest BCUT2D eigenvalue weighted by Gasteiger charge is -2.07. The number of hydrogen-bond acceptors (Lipinski definition) is 3. The number of anilines is 1. The molecule has 0 saturated heterocycles. The molecule has 2 amide bonds. The van der Waals surface area contributed by atoms with Gasteiger partial charge in [0.25, 0.3) is 0 Å². The van der Waals surface area contributed by atoms with Gasteiger partial charge < -0.3 is 16.4 Å². The molecule has 82 valence electrons. The minimum absolute atomic E-state index is 0.119. The van der Waals surface area contributed by atoms with Crippen molar-refractivity contribution in [1.29, 1.82) is 0 Å². The standard InChI is InChI=1S/C11H11N3O2/c12-10(15)5-9-7-3-1-2-4-8(7)14-11(16)6-13-9/h1-5,13H,6H2,(H2,12,15)(H,14,16). The summed E-state index contributed by atoms with van der Waals surface area (Å²) in [6.45, 7) is 0.119. The molecule has 0 atom stereocenters. The van der Waals surface area contributed by atoms with Crippen molar-refractivity contribution in [1.82, 2.24) is 5.32 Å². The number of rotatable bonds is 1. The third-order valence-corrected chi connectivity index (χ3v) is 2.22. The van der Waals surface area contributed by atoms with Crippen molar-refractivity contribution < 1.29 is 9.59 Å². The predicted octanol–water partition coefficient (Wildman–Crippen LogP) is 0.0545. The van der Waals surface area contributed by atoms with Gasteiger partial charge in [-0.05, 0) is 6.07 Å². The molecule has 0 aromatic heterocycles. The molecule has 0 radical (unpaired) electrons. The van der Waals surface area contributed by atoms with Crippen LogP contribution in [0.15, 0.2) is 30.3 Å². The van der Waals surface area contributed by atoms with E-state index in [-0.39, 0.29) is 12.5 Å². The Hall–Kier alpha value is -2.30. The summed E-state index contributed by atoms with van der Waals surface area (Å²) in [7, 11) is 0. The van der Waals surface area contributed by atoms with Crippen LogP contribution in [-0.2, 0) is 9.59 Å². The van der Waals surface area contributed by atoms with Gasteiger partial charge in [-0.3, -0.25) is 9.59 Å². The third-order valence-electron chi connectivity index (χ3n) is 2.22. The number of benzene rings is 1. The summed E-state index contributed by atoms with van der Waals surface area (Å²) < 4.78 is 0. The molecule has 5 nitrogen and oxygen atoms in total. The van der Waals surface area contributed by atoms with Crippen LogP contribution in [0.25, 0.3) is 5.70 Å². The fourth-order valence-electron chi connectivity index (χ4n) is 1.56. The molecule has 5 heteroatoms. The second kappa shape index (κ2) is 4.06. The maximum atomic E-state index is 11.4. The van der Waals surface area contributed by atoms with Crippen molar-refractivity contribution in [2.45, 2.75) is 0 Å². The molecule has 0 fully saturated rings. The van der Waals surface area contributed by atoms with E-state index in [0.29, 0.717) is 11.4 Å². The minimum Gasteiger partial charge on any atom is -0.375 e. The van der Waals surface area contributed by atoms with Gasteiger partial charge in [0.2, 0.25) is 11.8 Å². The molecule has 1 aromatic rings. The number of fused-ring (bicyclic) bond motifs is 1. The Balaban J connectivity index is 2.50. The van der Waals surface area contributed by atoms with Crippen molar-refractivity contribution >= 4 is 23.2 Å². The second-order valence-electron chi connectivity index (χ2n) is 3.41. The van der Waals surface area contributed by atoms with Crippen molar-refractivity contribution in [3.8, 4) is 0 Å². The van der Waals surface area contributed by atoms with Crippen LogP contribution < -0.4 is 16.4 Å². The predicted molar refractivity (Wildman–Crippen MR) is 60.2 cm³/mol. The summed E-state index contributed by atoms with van der Waals surface area (Å²) >= 11 is 0. The van der Waals surface area contributed by atoms with Gasteiger partial charge in [0.05, 0.1) is 12.2 Å². The maximum absolute atomic E-state index is 11.4. The van der Waals surface area contributed by atoms with Gasteiger partial charge in [-0.1, -0.05) is 18.2 Å². The fourth-order valence-corrected chi connectivity index (χ4v) is 1.56. The van der Waals surface area contributed by atoms with E-state index >= 15 is 0 Å². The summed E-state index contributed by atoms with van der Waals surface area (Å²) in [5, 5.41) is 5.60. The minimum atomic E-state index is -0.549. The lowest BCUT2D eigenvalue weighted by molar-refractivity contribution is -0.115. The number of carbonyl (C=O) groups is 2. The van der Waals surface area contributed by atoms with E-state index in [9.17, 15) is 9.59 Å². The van der Waals surface area contributed by atoms with Crippen LogP contribution in [0, 0.1) is 0 Å². The van der Waals surface area contributed by atoms with Gasteiger partial charge in [0.15, 0.2) is 0 Å². The first-order valence-corrected chi connectivity index (χ1v) is 4.81. The number of nitrogens with one attached hydrogen (secondary N) is 2. The SMILES string of the molecule is NC(=O)C=C1NCC(=O)Nc2ccccc21. The van der Waals surface area contributed by atoms with Crippen LogP contribution in [0.1, 0.15) is 5.56 Å². The van der Waals surface area contributed by atoms with E-state index in [2.05, 4.69) is 10.6 Å². The molecular formula is C11H11N3O2. The molecular weight excluding hydrogens is 206 g/mol. The second-order valence-corrected chi connectivity index (χ2v) is 3.41. The highest BCUT2D eigenvalue weighted by molar-refractivity contribution is 6.01.